The minimum absolute atomic E-state index is 0.0536. The number of hydrogen-bond acceptors (Lipinski definition) is 2. The van der Waals surface area contributed by atoms with E-state index >= 15 is 0 Å². The highest BCUT2D eigenvalue weighted by atomic mass is 16.2. The molecule has 4 heteroatoms. The number of anilines is 2. The van der Waals surface area contributed by atoms with E-state index in [1.165, 1.54) is 11.1 Å². The minimum Gasteiger partial charge on any atom is -0.322 e. The second-order valence-corrected chi connectivity index (χ2v) is 12.1. The summed E-state index contributed by atoms with van der Waals surface area (Å²) in [6.45, 7) is 12.9. The molecule has 0 aromatic heterocycles. The lowest BCUT2D eigenvalue weighted by molar-refractivity contribution is 0.101. The molecule has 39 heavy (non-hydrogen) atoms. The Labute approximate surface area is 232 Å². The molecule has 0 unspecified atom stereocenters. The molecule has 0 fully saturated rings. The smallest absolute Gasteiger partial charge is 0.255 e. The first-order valence-electron chi connectivity index (χ1n) is 13.4. The lowest BCUT2D eigenvalue weighted by Gasteiger charge is -2.19. The van der Waals surface area contributed by atoms with Crippen molar-refractivity contribution in [3.8, 4) is 0 Å². The van der Waals surface area contributed by atoms with Crippen LogP contribution in [0.2, 0.25) is 0 Å². The molecule has 2 amide bonds. The van der Waals surface area contributed by atoms with E-state index in [2.05, 4.69) is 52.2 Å². The van der Waals surface area contributed by atoms with Gasteiger partial charge in [-0.15, -0.1) is 0 Å². The second kappa shape index (κ2) is 11.3. The first kappa shape index (κ1) is 27.8. The predicted octanol–water partition coefficient (Wildman–Crippen LogP) is 8.38. The third kappa shape index (κ3) is 7.44. The number of benzene rings is 4. The highest BCUT2D eigenvalue weighted by Gasteiger charge is 2.15. The summed E-state index contributed by atoms with van der Waals surface area (Å²) in [5, 5.41) is 5.96. The van der Waals surface area contributed by atoms with Crippen molar-refractivity contribution < 1.29 is 9.59 Å². The van der Waals surface area contributed by atoms with E-state index in [0.29, 0.717) is 11.1 Å². The van der Waals surface area contributed by atoms with Crippen molar-refractivity contribution >= 4 is 23.2 Å². The molecule has 0 heterocycles. The SMILES string of the molecule is CC(C)(C)c1ccc(C(=O)Nc2ccc(Cc3ccc(NC(=O)c4ccc(C(C)(C)C)cc4)cc3)cc2)cc1. The molecule has 2 N–H and O–H groups in total. The van der Waals surface area contributed by atoms with Gasteiger partial charge in [0.2, 0.25) is 0 Å². The molecule has 0 aliphatic rings. The Balaban J connectivity index is 1.31. The van der Waals surface area contributed by atoms with Crippen molar-refractivity contribution in [1.29, 1.82) is 0 Å². The van der Waals surface area contributed by atoms with Gasteiger partial charge in [-0.3, -0.25) is 9.59 Å². The molecule has 0 saturated heterocycles. The fourth-order valence-electron chi connectivity index (χ4n) is 4.30. The standard InChI is InChI=1S/C35H38N2O2/c1-34(2,3)28-15-11-26(12-16-28)32(38)36-30-19-7-24(8-20-30)23-25-9-21-31(22-10-25)37-33(39)27-13-17-29(18-14-27)35(4,5)6/h7-22H,23H2,1-6H3,(H,36,38)(H,37,39). The summed E-state index contributed by atoms with van der Waals surface area (Å²) >= 11 is 0. The van der Waals surface area contributed by atoms with Crippen molar-refractivity contribution in [1.82, 2.24) is 0 Å². The number of carbonyl (C=O) groups excluding carboxylic acids is 2. The Bertz CT molecular complexity index is 1310. The maximum atomic E-state index is 12.7. The number of rotatable bonds is 6. The molecule has 0 spiro atoms. The van der Waals surface area contributed by atoms with Crippen LogP contribution in [-0.2, 0) is 17.3 Å². The minimum atomic E-state index is -0.119. The first-order valence-corrected chi connectivity index (χ1v) is 13.4. The third-order valence-electron chi connectivity index (χ3n) is 6.86. The van der Waals surface area contributed by atoms with Gasteiger partial charge in [0.15, 0.2) is 0 Å². The Hall–Kier alpha value is -4.18. The van der Waals surface area contributed by atoms with Gasteiger partial charge in [-0.25, -0.2) is 0 Å². The van der Waals surface area contributed by atoms with Gasteiger partial charge in [-0.1, -0.05) is 90.1 Å². The molecule has 0 radical (unpaired) electrons. The van der Waals surface area contributed by atoms with E-state index < -0.39 is 0 Å². The fourth-order valence-corrected chi connectivity index (χ4v) is 4.30. The van der Waals surface area contributed by atoms with Crippen LogP contribution in [0.15, 0.2) is 97.1 Å². The summed E-state index contributed by atoms with van der Waals surface area (Å²) in [5.41, 5.74) is 7.58. The summed E-state index contributed by atoms with van der Waals surface area (Å²) in [5.74, 6) is -0.239. The van der Waals surface area contributed by atoms with E-state index in [-0.39, 0.29) is 22.6 Å². The Morgan fingerprint density at radius 3 is 1.08 bits per heavy atom. The molecule has 4 aromatic carbocycles. The molecule has 4 nitrogen and oxygen atoms in total. The molecule has 0 saturated carbocycles. The second-order valence-electron chi connectivity index (χ2n) is 12.1. The molecule has 0 atom stereocenters. The molecular formula is C35H38N2O2. The summed E-state index contributed by atoms with van der Waals surface area (Å²) in [6, 6.07) is 31.3. The predicted molar refractivity (Wildman–Crippen MR) is 162 cm³/mol. The van der Waals surface area contributed by atoms with Crippen molar-refractivity contribution in [2.45, 2.75) is 58.8 Å². The van der Waals surface area contributed by atoms with Crippen LogP contribution in [0.1, 0.15) is 84.5 Å². The third-order valence-corrected chi connectivity index (χ3v) is 6.86. The number of hydrogen-bond donors (Lipinski definition) is 2. The molecule has 200 valence electrons. The zero-order valence-corrected chi connectivity index (χ0v) is 23.8. The maximum Gasteiger partial charge on any atom is 0.255 e. The molecule has 0 aliphatic carbocycles. The summed E-state index contributed by atoms with van der Waals surface area (Å²) in [7, 11) is 0. The van der Waals surface area contributed by atoms with Crippen LogP contribution < -0.4 is 10.6 Å². The van der Waals surface area contributed by atoms with Gasteiger partial charge < -0.3 is 10.6 Å². The molecule has 4 aromatic rings. The normalized spacial score (nSPS) is 11.6. The number of amides is 2. The quantitative estimate of drug-likeness (QED) is 0.269. The van der Waals surface area contributed by atoms with E-state index in [0.717, 1.165) is 28.9 Å². The van der Waals surface area contributed by atoms with Crippen molar-refractivity contribution in [3.63, 3.8) is 0 Å². The van der Waals surface area contributed by atoms with Crippen LogP contribution in [0.25, 0.3) is 0 Å². The number of nitrogens with one attached hydrogen (secondary N) is 2. The van der Waals surface area contributed by atoms with Gasteiger partial charge in [0.05, 0.1) is 0 Å². The summed E-state index contributed by atoms with van der Waals surface area (Å²) in [4.78, 5) is 25.3. The average molecular weight is 519 g/mol. The highest BCUT2D eigenvalue weighted by molar-refractivity contribution is 6.04. The van der Waals surface area contributed by atoms with Crippen LogP contribution in [0, 0.1) is 0 Å². The zero-order valence-electron chi connectivity index (χ0n) is 23.8. The van der Waals surface area contributed by atoms with Gasteiger partial charge >= 0.3 is 0 Å². The van der Waals surface area contributed by atoms with E-state index in [4.69, 9.17) is 0 Å². The topological polar surface area (TPSA) is 58.2 Å². The molecule has 4 rings (SSSR count). The first-order chi connectivity index (χ1) is 18.4. The Kier molecular flexibility index (Phi) is 8.06. The molecule has 0 aliphatic heterocycles. The van der Waals surface area contributed by atoms with Gasteiger partial charge in [0.25, 0.3) is 11.8 Å². The van der Waals surface area contributed by atoms with Crippen LogP contribution in [0.5, 0.6) is 0 Å². The van der Waals surface area contributed by atoms with Gasteiger partial charge in [-0.05, 0) is 88.0 Å². The van der Waals surface area contributed by atoms with Crippen molar-refractivity contribution in [3.05, 3.63) is 130 Å². The fraction of sp³-hybridized carbons (Fsp3) is 0.257. The van der Waals surface area contributed by atoms with Gasteiger partial charge in [-0.2, -0.15) is 0 Å². The summed E-state index contributed by atoms with van der Waals surface area (Å²) < 4.78 is 0. The van der Waals surface area contributed by atoms with Crippen LogP contribution >= 0.6 is 0 Å². The zero-order chi connectivity index (χ0) is 28.2. The van der Waals surface area contributed by atoms with E-state index in [1.807, 2.05) is 97.1 Å². The highest BCUT2D eigenvalue weighted by Crippen LogP contribution is 2.24. The van der Waals surface area contributed by atoms with Crippen LogP contribution in [-0.4, -0.2) is 11.8 Å². The van der Waals surface area contributed by atoms with Crippen molar-refractivity contribution in [2.24, 2.45) is 0 Å². The number of carbonyl (C=O) groups is 2. The van der Waals surface area contributed by atoms with Gasteiger partial charge in [0, 0.05) is 22.5 Å². The van der Waals surface area contributed by atoms with E-state index in [9.17, 15) is 9.59 Å². The van der Waals surface area contributed by atoms with Crippen LogP contribution in [0.3, 0.4) is 0 Å². The van der Waals surface area contributed by atoms with Crippen molar-refractivity contribution in [2.75, 3.05) is 10.6 Å². The summed E-state index contributed by atoms with van der Waals surface area (Å²) in [6.07, 6.45) is 0.755. The van der Waals surface area contributed by atoms with Gasteiger partial charge in [0.1, 0.15) is 0 Å². The largest absolute Gasteiger partial charge is 0.322 e. The Morgan fingerprint density at radius 2 is 0.795 bits per heavy atom. The lowest BCUT2D eigenvalue weighted by Crippen LogP contribution is -2.14. The monoisotopic (exact) mass is 518 g/mol. The Morgan fingerprint density at radius 1 is 0.487 bits per heavy atom. The van der Waals surface area contributed by atoms with Crippen LogP contribution in [0.4, 0.5) is 11.4 Å². The molecule has 0 bridgehead atoms. The van der Waals surface area contributed by atoms with E-state index in [1.54, 1.807) is 0 Å². The maximum absolute atomic E-state index is 12.7. The average Bonchev–Trinajstić information content (AvgIpc) is 2.90. The molecular weight excluding hydrogens is 480 g/mol. The lowest BCUT2D eigenvalue weighted by atomic mass is 9.86.